The minimum Gasteiger partial charge on any atom is -0.390 e. The number of fused-ring (bicyclic) bond motifs is 2. The molecular formula is C18H26O2. The molecule has 2 heteroatoms. The summed E-state index contributed by atoms with van der Waals surface area (Å²) in [6, 6.07) is 10.7. The lowest BCUT2D eigenvalue weighted by atomic mass is 9.67. The molecule has 110 valence electrons. The molecule has 0 radical (unpaired) electrons. The quantitative estimate of drug-likeness (QED) is 0.909. The zero-order valence-electron chi connectivity index (χ0n) is 12.8. The second-order valence-corrected chi connectivity index (χ2v) is 7.17. The first-order chi connectivity index (χ1) is 9.46. The van der Waals surface area contributed by atoms with Gasteiger partial charge in [-0.25, -0.2) is 0 Å². The topological polar surface area (TPSA) is 29.5 Å². The Hall–Kier alpha value is -0.860. The molecule has 0 saturated carbocycles. The molecule has 1 unspecified atom stereocenters. The first-order valence-corrected chi connectivity index (χ1v) is 7.88. The maximum atomic E-state index is 10.3. The lowest BCUT2D eigenvalue weighted by molar-refractivity contribution is -0.0889. The summed E-state index contributed by atoms with van der Waals surface area (Å²) in [4.78, 5) is 0. The van der Waals surface area contributed by atoms with E-state index in [4.69, 9.17) is 4.74 Å². The Labute approximate surface area is 122 Å². The summed E-state index contributed by atoms with van der Waals surface area (Å²) in [6.07, 6.45) is 3.78. The predicted octanol–water partition coefficient (Wildman–Crippen LogP) is 3.57. The van der Waals surface area contributed by atoms with E-state index in [2.05, 4.69) is 51.1 Å². The van der Waals surface area contributed by atoms with Crippen LogP contribution in [0.25, 0.3) is 0 Å². The molecule has 2 saturated heterocycles. The standard InChI is InChI=1S/C18H26O2/c1-13(2)18-12-16(19)17(3,20-18)11-15(18)10-9-14-7-5-4-6-8-14/h4-8,13,15-16,19H,9-12H2,1-3H3/t15?,16-,17+,18-/m1/s1. The summed E-state index contributed by atoms with van der Waals surface area (Å²) in [5.41, 5.74) is 0.981. The molecule has 0 spiro atoms. The number of ether oxygens (including phenoxy) is 1. The minimum atomic E-state index is -0.314. The molecular weight excluding hydrogens is 248 g/mol. The van der Waals surface area contributed by atoms with E-state index in [-0.39, 0.29) is 17.3 Å². The Balaban J connectivity index is 1.74. The maximum Gasteiger partial charge on any atom is 0.0924 e. The molecule has 3 rings (SSSR count). The molecule has 2 aliphatic rings. The molecule has 20 heavy (non-hydrogen) atoms. The van der Waals surface area contributed by atoms with E-state index in [0.717, 1.165) is 25.7 Å². The minimum absolute atomic E-state index is 0.108. The molecule has 2 bridgehead atoms. The zero-order valence-corrected chi connectivity index (χ0v) is 12.8. The number of hydrogen-bond donors (Lipinski definition) is 1. The van der Waals surface area contributed by atoms with Crippen LogP contribution in [-0.2, 0) is 11.2 Å². The van der Waals surface area contributed by atoms with Crippen LogP contribution in [0.2, 0.25) is 0 Å². The van der Waals surface area contributed by atoms with E-state index < -0.39 is 0 Å². The van der Waals surface area contributed by atoms with Gasteiger partial charge in [-0.2, -0.15) is 0 Å². The lowest BCUT2D eigenvalue weighted by Gasteiger charge is -2.37. The van der Waals surface area contributed by atoms with Gasteiger partial charge in [-0.1, -0.05) is 44.2 Å². The molecule has 4 atom stereocenters. The van der Waals surface area contributed by atoms with E-state index >= 15 is 0 Å². The van der Waals surface area contributed by atoms with Crippen LogP contribution in [0.15, 0.2) is 30.3 Å². The predicted molar refractivity (Wildman–Crippen MR) is 80.6 cm³/mol. The first-order valence-electron chi connectivity index (χ1n) is 7.88. The van der Waals surface area contributed by atoms with E-state index in [1.807, 2.05) is 0 Å². The Morgan fingerprint density at radius 2 is 1.95 bits per heavy atom. The van der Waals surface area contributed by atoms with E-state index in [0.29, 0.717) is 11.8 Å². The van der Waals surface area contributed by atoms with Crippen molar-refractivity contribution in [3.05, 3.63) is 35.9 Å². The second-order valence-electron chi connectivity index (χ2n) is 7.17. The van der Waals surface area contributed by atoms with Crippen molar-refractivity contribution in [1.29, 1.82) is 0 Å². The Bertz CT molecular complexity index is 470. The SMILES string of the molecule is CC(C)[C@]12C[C@@H](O)[C@](C)(CC1CCc1ccccc1)O2. The molecule has 2 aliphatic heterocycles. The molecule has 0 aromatic heterocycles. The second kappa shape index (κ2) is 4.85. The number of rotatable bonds is 4. The third kappa shape index (κ3) is 2.10. The van der Waals surface area contributed by atoms with Crippen molar-refractivity contribution < 1.29 is 9.84 Å². The van der Waals surface area contributed by atoms with Gasteiger partial charge in [0.2, 0.25) is 0 Å². The Morgan fingerprint density at radius 1 is 1.25 bits per heavy atom. The van der Waals surface area contributed by atoms with Crippen molar-refractivity contribution in [3.63, 3.8) is 0 Å². The van der Waals surface area contributed by atoms with Gasteiger partial charge >= 0.3 is 0 Å². The van der Waals surface area contributed by atoms with Crippen LogP contribution < -0.4 is 0 Å². The van der Waals surface area contributed by atoms with Crippen molar-refractivity contribution in [2.45, 2.75) is 63.8 Å². The molecule has 2 heterocycles. The summed E-state index contributed by atoms with van der Waals surface area (Å²) in [5.74, 6) is 1.03. The number of hydrogen-bond acceptors (Lipinski definition) is 2. The number of aryl methyl sites for hydroxylation is 1. The van der Waals surface area contributed by atoms with Gasteiger partial charge in [0.05, 0.1) is 17.3 Å². The fourth-order valence-electron chi connectivity index (χ4n) is 4.31. The summed E-state index contributed by atoms with van der Waals surface area (Å²) >= 11 is 0. The van der Waals surface area contributed by atoms with E-state index in [9.17, 15) is 5.11 Å². The summed E-state index contributed by atoms with van der Waals surface area (Å²) in [7, 11) is 0. The van der Waals surface area contributed by atoms with Gasteiger partial charge in [0.25, 0.3) is 0 Å². The highest BCUT2D eigenvalue weighted by molar-refractivity contribution is 5.17. The van der Waals surface area contributed by atoms with Crippen LogP contribution in [0.4, 0.5) is 0 Å². The fourth-order valence-corrected chi connectivity index (χ4v) is 4.31. The van der Waals surface area contributed by atoms with Crippen LogP contribution in [0.1, 0.15) is 45.6 Å². The molecule has 2 nitrogen and oxygen atoms in total. The summed E-state index contributed by atoms with van der Waals surface area (Å²) < 4.78 is 6.37. The van der Waals surface area contributed by atoms with Crippen LogP contribution in [0.5, 0.6) is 0 Å². The maximum absolute atomic E-state index is 10.3. The van der Waals surface area contributed by atoms with Crippen molar-refractivity contribution in [2.75, 3.05) is 0 Å². The zero-order chi connectivity index (χ0) is 14.4. The number of aliphatic hydroxyl groups excluding tert-OH is 1. The average molecular weight is 274 g/mol. The number of aliphatic hydroxyl groups is 1. The molecule has 2 fully saturated rings. The first kappa shape index (κ1) is 14.1. The van der Waals surface area contributed by atoms with Crippen LogP contribution in [-0.4, -0.2) is 22.4 Å². The fraction of sp³-hybridized carbons (Fsp3) is 0.667. The average Bonchev–Trinajstić information content (AvgIpc) is 2.86. The number of benzene rings is 1. The van der Waals surface area contributed by atoms with Gasteiger partial charge in [-0.15, -0.1) is 0 Å². The summed E-state index contributed by atoms with van der Waals surface area (Å²) in [5, 5.41) is 10.3. The highest BCUT2D eigenvalue weighted by Gasteiger charge is 2.64. The van der Waals surface area contributed by atoms with Gasteiger partial charge in [0, 0.05) is 6.42 Å². The Kier molecular flexibility index (Phi) is 3.42. The lowest BCUT2D eigenvalue weighted by Crippen LogP contribution is -2.43. The van der Waals surface area contributed by atoms with Gasteiger partial charge in [-0.05, 0) is 43.6 Å². The van der Waals surface area contributed by atoms with Gasteiger partial charge < -0.3 is 9.84 Å². The van der Waals surface area contributed by atoms with Crippen molar-refractivity contribution >= 4 is 0 Å². The monoisotopic (exact) mass is 274 g/mol. The third-order valence-corrected chi connectivity index (χ3v) is 5.58. The van der Waals surface area contributed by atoms with Crippen molar-refractivity contribution in [3.8, 4) is 0 Å². The van der Waals surface area contributed by atoms with Crippen molar-refractivity contribution in [1.82, 2.24) is 0 Å². The Morgan fingerprint density at radius 3 is 2.55 bits per heavy atom. The van der Waals surface area contributed by atoms with Crippen LogP contribution in [0.3, 0.4) is 0 Å². The van der Waals surface area contributed by atoms with Gasteiger partial charge in [0.1, 0.15) is 0 Å². The highest BCUT2D eigenvalue weighted by Crippen LogP contribution is 2.58. The van der Waals surface area contributed by atoms with Crippen LogP contribution >= 0.6 is 0 Å². The van der Waals surface area contributed by atoms with E-state index in [1.54, 1.807) is 0 Å². The normalized spacial score (nSPS) is 39.6. The molecule has 1 N–H and O–H groups in total. The smallest absolute Gasteiger partial charge is 0.0924 e. The highest BCUT2D eigenvalue weighted by atomic mass is 16.6. The molecule has 0 aliphatic carbocycles. The van der Waals surface area contributed by atoms with Gasteiger partial charge in [-0.3, -0.25) is 0 Å². The third-order valence-electron chi connectivity index (χ3n) is 5.58. The summed E-state index contributed by atoms with van der Waals surface area (Å²) in [6.45, 7) is 6.56. The van der Waals surface area contributed by atoms with Gasteiger partial charge in [0.15, 0.2) is 0 Å². The molecule has 1 aromatic carbocycles. The van der Waals surface area contributed by atoms with Crippen molar-refractivity contribution in [2.24, 2.45) is 11.8 Å². The van der Waals surface area contributed by atoms with Crippen LogP contribution in [0, 0.1) is 11.8 Å². The largest absolute Gasteiger partial charge is 0.390 e. The molecule has 0 amide bonds. The molecule has 1 aromatic rings. The van der Waals surface area contributed by atoms with E-state index in [1.165, 1.54) is 5.56 Å².